The summed E-state index contributed by atoms with van der Waals surface area (Å²) in [6.45, 7) is 10.3. The van der Waals surface area contributed by atoms with Crippen molar-refractivity contribution >= 4 is 16.2 Å². The molecule has 0 radical (unpaired) electrons. The van der Waals surface area contributed by atoms with E-state index in [0.717, 1.165) is 35.1 Å². The van der Waals surface area contributed by atoms with Crippen LogP contribution < -0.4 is 20.0 Å². The molecule has 0 unspecified atom stereocenters. The van der Waals surface area contributed by atoms with E-state index in [1.54, 1.807) is 0 Å². The summed E-state index contributed by atoms with van der Waals surface area (Å²) in [5, 5.41) is 6.14. The van der Waals surface area contributed by atoms with Crippen molar-refractivity contribution in [2.45, 2.75) is 194 Å². The van der Waals surface area contributed by atoms with E-state index in [1.165, 1.54) is 180 Å². The summed E-state index contributed by atoms with van der Waals surface area (Å²) >= 11 is 0. The van der Waals surface area contributed by atoms with Crippen LogP contribution in [0.25, 0.3) is 0 Å². The van der Waals surface area contributed by atoms with Crippen LogP contribution in [0.3, 0.4) is 0 Å². The van der Waals surface area contributed by atoms with E-state index in [2.05, 4.69) is 52.2 Å². The highest BCUT2D eigenvalue weighted by atomic mass is 31.2. The first-order chi connectivity index (χ1) is 27.4. The Morgan fingerprint density at radius 1 is 0.386 bits per heavy atom. The van der Waals surface area contributed by atoms with E-state index in [1.807, 2.05) is 0 Å². The zero-order valence-electron chi connectivity index (χ0n) is 38.6. The Balaban J connectivity index is 1.47. The standard InChI is InChI=1S/C45H96N4O6P2/c1-7-9-11-13-15-17-19-21-23-25-27-29-31-33-37-48(3,4)39-35-46-56(50)52-41-45(42-53-56)43-54-57(51,55-44-45)47-36-40-49(5,6)38-34-32-30-28-26-24-22-20-18-16-14-12-10-8-2/h7-44H2,1-6H3,(H,46,50)(H,47,51)/q+2. The third kappa shape index (κ3) is 27.2. The molecule has 2 N–H and O–H groups in total. The third-order valence-electron chi connectivity index (χ3n) is 12.4. The predicted octanol–water partition coefficient (Wildman–Crippen LogP) is 10.4. The second-order valence-electron chi connectivity index (χ2n) is 19.4. The van der Waals surface area contributed by atoms with Gasteiger partial charge in [-0.3, -0.25) is 0 Å². The smallest absolute Gasteiger partial charge is 0.312 e. The van der Waals surface area contributed by atoms with Crippen LogP contribution in [0.2, 0.25) is 0 Å². The number of rotatable bonds is 38. The Morgan fingerprint density at radius 3 is 0.860 bits per heavy atom. The molecule has 2 rings (SSSR count). The maximum Gasteiger partial charge on any atom is 0.312 e. The van der Waals surface area contributed by atoms with Crippen molar-refractivity contribution in [3.8, 4) is 0 Å². The second-order valence-corrected chi connectivity index (χ2v) is 23.0. The maximum absolute atomic E-state index is 13.3. The Bertz CT molecular complexity index is 871. The molecule has 0 atom stereocenters. The molecule has 2 aliphatic heterocycles. The molecule has 12 heteroatoms. The Kier molecular flexibility index (Phi) is 29.5. The molecular weight excluding hydrogens is 754 g/mol. The molecule has 10 nitrogen and oxygen atoms in total. The van der Waals surface area contributed by atoms with Gasteiger partial charge in [-0.2, -0.15) is 18.1 Å². The van der Waals surface area contributed by atoms with E-state index < -0.39 is 21.6 Å². The Morgan fingerprint density at radius 2 is 0.614 bits per heavy atom. The second kappa shape index (κ2) is 31.3. The molecule has 0 aromatic carbocycles. The van der Waals surface area contributed by atoms with Crippen molar-refractivity contribution in [3.63, 3.8) is 0 Å². The van der Waals surface area contributed by atoms with Crippen molar-refractivity contribution in [1.29, 1.82) is 0 Å². The molecule has 0 aliphatic carbocycles. The van der Waals surface area contributed by atoms with Crippen molar-refractivity contribution in [2.24, 2.45) is 5.41 Å². The molecule has 2 saturated heterocycles. The van der Waals surface area contributed by atoms with Crippen molar-refractivity contribution in [2.75, 3.05) is 93.9 Å². The summed E-state index contributed by atoms with van der Waals surface area (Å²) in [7, 11) is 2.14. The van der Waals surface area contributed by atoms with E-state index in [9.17, 15) is 9.79 Å². The van der Waals surface area contributed by atoms with E-state index in [0.29, 0.717) is 13.1 Å². The van der Waals surface area contributed by atoms with Crippen LogP contribution in [0.1, 0.15) is 194 Å². The van der Waals surface area contributed by atoms with E-state index >= 15 is 0 Å². The quantitative estimate of drug-likeness (QED) is 0.0359. The molecule has 2 fully saturated rings. The summed E-state index contributed by atoms with van der Waals surface area (Å²) < 4.78 is 24.9. The average Bonchev–Trinajstić information content (AvgIpc) is 3.17. The topological polar surface area (TPSA) is 107 Å². The van der Waals surface area contributed by atoms with Crippen molar-refractivity contribution in [3.05, 3.63) is 0 Å². The van der Waals surface area contributed by atoms with Gasteiger partial charge in [0.05, 0.1) is 72.9 Å². The van der Waals surface area contributed by atoms with Crippen LogP contribution in [0, 0.1) is 5.41 Å². The number of nitrogens with zero attached hydrogens (tertiary/aromatic N) is 2. The van der Waals surface area contributed by atoms with Gasteiger partial charge in [-0.05, 0) is 25.7 Å². The minimum atomic E-state index is -3.41. The lowest BCUT2D eigenvalue weighted by atomic mass is 9.93. The summed E-state index contributed by atoms with van der Waals surface area (Å²) in [5.41, 5.74) is -0.613. The predicted molar refractivity (Wildman–Crippen MR) is 240 cm³/mol. The number of likely N-dealkylation sites (N-methyl/N-ethyl adjacent to an activating group) is 2. The number of nitrogens with one attached hydrogen (secondary N) is 2. The van der Waals surface area contributed by atoms with Crippen LogP contribution in [-0.4, -0.2) is 103 Å². The largest absolute Gasteiger partial charge is 0.616 e. The van der Waals surface area contributed by atoms with Crippen LogP contribution >= 0.6 is 16.2 Å². The van der Waals surface area contributed by atoms with Gasteiger partial charge in [0.1, 0.15) is 26.4 Å². The fraction of sp³-hybridized carbons (Fsp3) is 1.00. The zero-order valence-corrected chi connectivity index (χ0v) is 40.4. The van der Waals surface area contributed by atoms with E-state index in [4.69, 9.17) is 18.1 Å². The van der Waals surface area contributed by atoms with E-state index in [-0.39, 0.29) is 26.4 Å². The highest BCUT2D eigenvalue weighted by molar-refractivity contribution is 7.57. The van der Waals surface area contributed by atoms with Gasteiger partial charge >= 0.3 is 16.2 Å². The summed E-state index contributed by atoms with van der Waals surface area (Å²) in [4.78, 5) is 26.6. The number of hydrogen-bond donors (Lipinski definition) is 2. The maximum atomic E-state index is 13.3. The first-order valence-electron chi connectivity index (χ1n) is 24.3. The molecule has 57 heavy (non-hydrogen) atoms. The van der Waals surface area contributed by atoms with Gasteiger partial charge in [-0.25, -0.2) is 0 Å². The van der Waals surface area contributed by atoms with Gasteiger partial charge in [0.25, 0.3) is 0 Å². The first kappa shape index (κ1) is 53.6. The van der Waals surface area contributed by atoms with Crippen LogP contribution in [0.15, 0.2) is 0 Å². The Labute approximate surface area is 355 Å². The minimum absolute atomic E-state index is 0.178. The summed E-state index contributed by atoms with van der Waals surface area (Å²) in [6.07, 6.45) is 38.4. The lowest BCUT2D eigenvalue weighted by molar-refractivity contribution is -0.889. The van der Waals surface area contributed by atoms with Crippen molar-refractivity contribution < 1.29 is 36.8 Å². The molecule has 0 bridgehead atoms. The number of hydrogen-bond acceptors (Lipinski definition) is 8. The van der Waals surface area contributed by atoms with Crippen LogP contribution in [-0.2, 0) is 18.1 Å². The Hall–Kier alpha value is 0.460. The molecule has 1 spiro atoms. The lowest BCUT2D eigenvalue weighted by Gasteiger charge is -2.44. The zero-order chi connectivity index (χ0) is 41.6. The molecule has 340 valence electrons. The summed E-state index contributed by atoms with van der Waals surface area (Å²) in [6, 6.07) is 0. The van der Waals surface area contributed by atoms with Crippen molar-refractivity contribution in [1.82, 2.24) is 10.2 Å². The van der Waals surface area contributed by atoms with Crippen LogP contribution in [0.5, 0.6) is 0 Å². The monoisotopic (exact) mass is 851 g/mol. The SMILES string of the molecule is CCCCCCCCCCCCCCCC[N+](C)(C)CCN[P+]1([O-])OCC2(CO1)CO[P+]([O-])(NCC[N+](C)(C)CCCCCCCCCCCCCCCC)OC2. The molecule has 0 aromatic heterocycles. The highest BCUT2D eigenvalue weighted by Gasteiger charge is 2.53. The van der Waals surface area contributed by atoms with Gasteiger partial charge < -0.3 is 18.8 Å². The molecule has 0 saturated carbocycles. The highest BCUT2D eigenvalue weighted by Crippen LogP contribution is 2.59. The van der Waals surface area contributed by atoms with Gasteiger partial charge in [0, 0.05) is 0 Å². The third-order valence-corrected chi connectivity index (χ3v) is 15.5. The van der Waals surface area contributed by atoms with Gasteiger partial charge in [-0.15, -0.1) is 10.2 Å². The normalized spacial score (nSPS) is 23.2. The van der Waals surface area contributed by atoms with Gasteiger partial charge in [0.2, 0.25) is 0 Å². The molecule has 2 aliphatic rings. The molecular formula is C45H96N4O6P2+2. The first-order valence-corrected chi connectivity index (χ1v) is 27.4. The fourth-order valence-electron chi connectivity index (χ4n) is 8.07. The fourth-order valence-corrected chi connectivity index (χ4v) is 11.1. The molecule has 0 aromatic rings. The molecule has 2 heterocycles. The average molecular weight is 851 g/mol. The van der Waals surface area contributed by atoms with Gasteiger partial charge in [-0.1, -0.05) is 168 Å². The number of quaternary nitrogens is 2. The van der Waals surface area contributed by atoms with Gasteiger partial charge in [0.15, 0.2) is 0 Å². The lowest BCUT2D eigenvalue weighted by Crippen LogP contribution is -2.53. The summed E-state index contributed by atoms with van der Waals surface area (Å²) in [5.74, 6) is 0. The molecule has 0 amide bonds. The minimum Gasteiger partial charge on any atom is -0.616 e. The van der Waals surface area contributed by atoms with Crippen LogP contribution in [0.4, 0.5) is 0 Å². The number of unbranched alkanes of at least 4 members (excludes halogenated alkanes) is 26.